The highest BCUT2D eigenvalue weighted by Crippen LogP contribution is 2.23. The fourth-order valence-electron chi connectivity index (χ4n) is 1.77. The lowest BCUT2D eigenvalue weighted by atomic mass is 10.2. The Bertz CT molecular complexity index is 635. The first kappa shape index (κ1) is 15.3. The average molecular weight is 346 g/mol. The summed E-state index contributed by atoms with van der Waals surface area (Å²) in [5, 5.41) is 2.82. The molecule has 108 valence electrons. The molecule has 1 amide bonds. The van der Waals surface area contributed by atoms with Gasteiger partial charge >= 0.3 is 0 Å². The quantitative estimate of drug-likeness (QED) is 0.810. The van der Waals surface area contributed by atoms with Crippen molar-refractivity contribution in [2.45, 2.75) is 6.92 Å². The summed E-state index contributed by atoms with van der Waals surface area (Å²) < 4.78 is 6.48. The van der Waals surface area contributed by atoms with Crippen LogP contribution in [0.3, 0.4) is 0 Å². The number of hydrogen-bond acceptors (Lipinski definition) is 2. The van der Waals surface area contributed by atoms with Crippen LogP contribution in [-0.2, 0) is 4.79 Å². The molecule has 0 aliphatic rings. The molecular weight excluding hydrogens is 330 g/mol. The molecule has 0 aliphatic heterocycles. The highest BCUT2D eigenvalue weighted by atomic mass is 79.9. The van der Waals surface area contributed by atoms with Gasteiger partial charge in [0.2, 0.25) is 5.91 Å². The molecule has 0 aromatic heterocycles. The lowest BCUT2D eigenvalue weighted by molar-refractivity contribution is -0.111. The van der Waals surface area contributed by atoms with Gasteiger partial charge in [0.15, 0.2) is 0 Å². The Labute approximate surface area is 132 Å². The molecule has 0 saturated carbocycles. The van der Waals surface area contributed by atoms with Crippen LogP contribution in [0.15, 0.2) is 59.1 Å². The first-order valence-corrected chi connectivity index (χ1v) is 7.45. The largest absolute Gasteiger partial charge is 0.492 e. The van der Waals surface area contributed by atoms with Crippen molar-refractivity contribution in [1.82, 2.24) is 0 Å². The van der Waals surface area contributed by atoms with Gasteiger partial charge in [0.25, 0.3) is 0 Å². The summed E-state index contributed by atoms with van der Waals surface area (Å²) >= 11 is 3.38. The molecule has 2 aromatic rings. The highest BCUT2D eigenvalue weighted by Gasteiger charge is 2.04. The molecule has 0 aliphatic carbocycles. The van der Waals surface area contributed by atoms with Gasteiger partial charge in [-0.2, -0.15) is 0 Å². The molecule has 0 bridgehead atoms. The Morgan fingerprint density at radius 2 is 1.90 bits per heavy atom. The number of nitrogens with one attached hydrogen (secondary N) is 1. The second-order valence-electron chi connectivity index (χ2n) is 4.30. The van der Waals surface area contributed by atoms with Crippen molar-refractivity contribution in [3.63, 3.8) is 0 Å². The van der Waals surface area contributed by atoms with Gasteiger partial charge < -0.3 is 10.1 Å². The van der Waals surface area contributed by atoms with E-state index in [1.165, 1.54) is 6.08 Å². The molecule has 0 spiro atoms. The monoisotopic (exact) mass is 345 g/mol. The van der Waals surface area contributed by atoms with Gasteiger partial charge in [0.05, 0.1) is 12.3 Å². The maximum Gasteiger partial charge on any atom is 0.248 e. The predicted molar refractivity (Wildman–Crippen MR) is 89.4 cm³/mol. The number of amides is 1. The van der Waals surface area contributed by atoms with E-state index in [2.05, 4.69) is 21.2 Å². The van der Waals surface area contributed by atoms with Crippen LogP contribution in [0.4, 0.5) is 5.69 Å². The molecule has 0 atom stereocenters. The normalized spacial score (nSPS) is 10.6. The molecule has 0 unspecified atom stereocenters. The van der Waals surface area contributed by atoms with Gasteiger partial charge in [-0.3, -0.25) is 4.79 Å². The molecule has 4 heteroatoms. The molecule has 21 heavy (non-hydrogen) atoms. The van der Waals surface area contributed by atoms with Crippen molar-refractivity contribution in [3.8, 4) is 5.75 Å². The molecule has 0 radical (unpaired) electrons. The Balaban J connectivity index is 2.03. The lowest BCUT2D eigenvalue weighted by Crippen LogP contribution is -2.09. The van der Waals surface area contributed by atoms with Crippen LogP contribution in [0.5, 0.6) is 5.75 Å². The lowest BCUT2D eigenvalue weighted by Gasteiger charge is -2.09. The standard InChI is InChI=1S/C17H16BrNO2/c1-2-21-16-6-4-3-5-15(16)19-17(20)12-9-13-7-10-14(18)11-8-13/h3-12H,2H2,1H3,(H,19,20). The minimum absolute atomic E-state index is 0.190. The number of benzene rings is 2. The second-order valence-corrected chi connectivity index (χ2v) is 5.22. The summed E-state index contributed by atoms with van der Waals surface area (Å²) in [6.07, 6.45) is 3.27. The third-order valence-corrected chi connectivity index (χ3v) is 3.27. The Morgan fingerprint density at radius 1 is 1.19 bits per heavy atom. The van der Waals surface area contributed by atoms with E-state index < -0.39 is 0 Å². The summed E-state index contributed by atoms with van der Waals surface area (Å²) in [5.41, 5.74) is 1.64. The van der Waals surface area contributed by atoms with E-state index in [-0.39, 0.29) is 5.91 Å². The van der Waals surface area contributed by atoms with Crippen LogP contribution in [-0.4, -0.2) is 12.5 Å². The van der Waals surface area contributed by atoms with Crippen molar-refractivity contribution in [2.24, 2.45) is 0 Å². The van der Waals surface area contributed by atoms with Crippen LogP contribution < -0.4 is 10.1 Å². The zero-order valence-electron chi connectivity index (χ0n) is 11.7. The Kier molecular flexibility index (Phi) is 5.58. The molecule has 2 aromatic carbocycles. The van der Waals surface area contributed by atoms with E-state index in [1.807, 2.05) is 55.5 Å². The molecule has 0 heterocycles. The number of carbonyl (C=O) groups excluding carboxylic acids is 1. The van der Waals surface area contributed by atoms with Gasteiger partial charge in [0, 0.05) is 10.5 Å². The topological polar surface area (TPSA) is 38.3 Å². The number of carbonyl (C=O) groups is 1. The zero-order chi connectivity index (χ0) is 15.1. The van der Waals surface area contributed by atoms with E-state index in [9.17, 15) is 4.79 Å². The summed E-state index contributed by atoms with van der Waals surface area (Å²) in [7, 11) is 0. The molecule has 2 rings (SSSR count). The summed E-state index contributed by atoms with van der Waals surface area (Å²) in [4.78, 5) is 11.9. The van der Waals surface area contributed by atoms with Crippen molar-refractivity contribution in [2.75, 3.05) is 11.9 Å². The number of hydrogen-bond donors (Lipinski definition) is 1. The van der Waals surface area contributed by atoms with Gasteiger partial charge in [-0.15, -0.1) is 0 Å². The van der Waals surface area contributed by atoms with E-state index in [0.717, 1.165) is 10.0 Å². The Hall–Kier alpha value is -2.07. The van der Waals surface area contributed by atoms with Gasteiger partial charge in [-0.1, -0.05) is 40.2 Å². The molecule has 3 nitrogen and oxygen atoms in total. The maximum atomic E-state index is 11.9. The number of ether oxygens (including phenoxy) is 1. The summed E-state index contributed by atoms with van der Waals surface area (Å²) in [5.74, 6) is 0.482. The van der Waals surface area contributed by atoms with E-state index in [4.69, 9.17) is 4.74 Å². The maximum absolute atomic E-state index is 11.9. The fourth-order valence-corrected chi connectivity index (χ4v) is 2.04. The van der Waals surface area contributed by atoms with Crippen LogP contribution in [0, 0.1) is 0 Å². The zero-order valence-corrected chi connectivity index (χ0v) is 13.3. The first-order valence-electron chi connectivity index (χ1n) is 6.65. The van der Waals surface area contributed by atoms with Crippen LogP contribution in [0.25, 0.3) is 6.08 Å². The number of rotatable bonds is 5. The van der Waals surface area contributed by atoms with Crippen LogP contribution in [0.2, 0.25) is 0 Å². The SMILES string of the molecule is CCOc1ccccc1NC(=O)C=Cc1ccc(Br)cc1. The van der Waals surface area contributed by atoms with Crippen LogP contribution >= 0.6 is 15.9 Å². The van der Waals surface area contributed by atoms with Gasteiger partial charge in [-0.05, 0) is 42.8 Å². The van der Waals surface area contributed by atoms with Crippen LogP contribution in [0.1, 0.15) is 12.5 Å². The predicted octanol–water partition coefficient (Wildman–Crippen LogP) is 4.50. The number of anilines is 1. The first-order chi connectivity index (χ1) is 10.2. The van der Waals surface area contributed by atoms with E-state index in [1.54, 1.807) is 6.08 Å². The molecule has 1 N–H and O–H groups in total. The fraction of sp³-hybridized carbons (Fsp3) is 0.118. The Morgan fingerprint density at radius 3 is 2.62 bits per heavy atom. The van der Waals surface area contributed by atoms with E-state index >= 15 is 0 Å². The number of halogens is 1. The third kappa shape index (κ3) is 4.76. The van der Waals surface area contributed by atoms with Gasteiger partial charge in [-0.25, -0.2) is 0 Å². The molecular formula is C17H16BrNO2. The van der Waals surface area contributed by atoms with Crippen molar-refractivity contribution >= 4 is 33.6 Å². The highest BCUT2D eigenvalue weighted by molar-refractivity contribution is 9.10. The summed E-state index contributed by atoms with van der Waals surface area (Å²) in [6, 6.07) is 15.1. The minimum Gasteiger partial charge on any atom is -0.492 e. The number of para-hydroxylation sites is 2. The minimum atomic E-state index is -0.190. The smallest absolute Gasteiger partial charge is 0.248 e. The van der Waals surface area contributed by atoms with Crippen molar-refractivity contribution in [1.29, 1.82) is 0 Å². The molecule has 0 saturated heterocycles. The third-order valence-electron chi connectivity index (χ3n) is 2.74. The van der Waals surface area contributed by atoms with Gasteiger partial charge in [0.1, 0.15) is 5.75 Å². The van der Waals surface area contributed by atoms with E-state index in [0.29, 0.717) is 18.0 Å². The van der Waals surface area contributed by atoms with Crippen molar-refractivity contribution in [3.05, 3.63) is 64.6 Å². The van der Waals surface area contributed by atoms with Crippen molar-refractivity contribution < 1.29 is 9.53 Å². The summed E-state index contributed by atoms with van der Waals surface area (Å²) in [6.45, 7) is 2.47. The average Bonchev–Trinajstić information content (AvgIpc) is 2.49. The second kappa shape index (κ2) is 7.64. The molecule has 0 fully saturated rings.